The number of thiocarbonyl (C=S) groups is 1. The van der Waals surface area contributed by atoms with Gasteiger partial charge >= 0.3 is 6.18 Å². The van der Waals surface area contributed by atoms with Gasteiger partial charge in [0, 0.05) is 28.0 Å². The summed E-state index contributed by atoms with van der Waals surface area (Å²) in [5, 5.41) is 8.17. The number of alkyl halides is 3. The van der Waals surface area contributed by atoms with Crippen molar-refractivity contribution in [2.24, 2.45) is 0 Å². The molecule has 0 aliphatic carbocycles. The molecule has 10 heteroatoms. The van der Waals surface area contributed by atoms with E-state index in [1.54, 1.807) is 42.5 Å². The standard InChI is InChI=1S/C24H17ClF3N3O2S/c25-20-10-2-1-5-15(20)11-12-21(32)31-23(34)30-18-8-3-6-16(13-18)22(33)29-19-9-4-7-17(14-19)24(26,27)28/h1-14H,(H,29,33)(H2,30,31,32,34)/b12-11+. The highest BCUT2D eigenvalue weighted by Crippen LogP contribution is 2.30. The number of carbonyl (C=O) groups is 2. The van der Waals surface area contributed by atoms with E-state index in [9.17, 15) is 22.8 Å². The summed E-state index contributed by atoms with van der Waals surface area (Å²) in [5.74, 6) is -1.10. The molecule has 0 saturated heterocycles. The summed E-state index contributed by atoms with van der Waals surface area (Å²) < 4.78 is 38.6. The molecule has 0 fully saturated rings. The first-order valence-corrected chi connectivity index (χ1v) is 10.5. The van der Waals surface area contributed by atoms with E-state index in [2.05, 4.69) is 16.0 Å². The second kappa shape index (κ2) is 11.0. The molecule has 34 heavy (non-hydrogen) atoms. The topological polar surface area (TPSA) is 70.2 Å². The van der Waals surface area contributed by atoms with Crippen molar-refractivity contribution < 1.29 is 22.8 Å². The maximum atomic E-state index is 12.9. The molecule has 3 N–H and O–H groups in total. The normalized spacial score (nSPS) is 11.2. The summed E-state index contributed by atoms with van der Waals surface area (Å²) in [7, 11) is 0. The fraction of sp³-hybridized carbons (Fsp3) is 0.0417. The van der Waals surface area contributed by atoms with Crippen LogP contribution in [0.4, 0.5) is 24.5 Å². The zero-order valence-electron chi connectivity index (χ0n) is 17.3. The molecule has 0 unspecified atom stereocenters. The molecule has 0 radical (unpaired) electrons. The molecule has 174 valence electrons. The molecule has 0 aliphatic rings. The summed E-state index contributed by atoms with van der Waals surface area (Å²) in [4.78, 5) is 24.6. The fourth-order valence-corrected chi connectivity index (χ4v) is 3.22. The van der Waals surface area contributed by atoms with E-state index < -0.39 is 23.6 Å². The number of hydrogen-bond donors (Lipinski definition) is 3. The van der Waals surface area contributed by atoms with Crippen LogP contribution >= 0.6 is 23.8 Å². The van der Waals surface area contributed by atoms with Crippen molar-refractivity contribution in [3.05, 3.63) is 101 Å². The lowest BCUT2D eigenvalue weighted by molar-refractivity contribution is -0.137. The second-order valence-corrected chi connectivity index (χ2v) is 7.73. The third kappa shape index (κ3) is 7.16. The number of anilines is 2. The van der Waals surface area contributed by atoms with Crippen LogP contribution in [0.5, 0.6) is 0 Å². The predicted octanol–water partition coefficient (Wildman–Crippen LogP) is 6.14. The van der Waals surface area contributed by atoms with Gasteiger partial charge in [0.05, 0.1) is 5.56 Å². The molecule has 0 saturated carbocycles. The number of carbonyl (C=O) groups excluding carboxylic acids is 2. The smallest absolute Gasteiger partial charge is 0.332 e. The van der Waals surface area contributed by atoms with Gasteiger partial charge in [-0.25, -0.2) is 0 Å². The Morgan fingerprint density at radius 1 is 0.882 bits per heavy atom. The van der Waals surface area contributed by atoms with Crippen molar-refractivity contribution in [2.45, 2.75) is 6.18 Å². The van der Waals surface area contributed by atoms with Gasteiger partial charge in [-0.3, -0.25) is 14.9 Å². The molecule has 0 atom stereocenters. The molecule has 3 rings (SSSR count). The van der Waals surface area contributed by atoms with E-state index in [0.717, 1.165) is 12.1 Å². The van der Waals surface area contributed by atoms with Gasteiger partial charge in [-0.2, -0.15) is 13.2 Å². The molecule has 0 aromatic heterocycles. The zero-order chi connectivity index (χ0) is 24.7. The van der Waals surface area contributed by atoms with Gasteiger partial charge in [0.15, 0.2) is 5.11 Å². The van der Waals surface area contributed by atoms with Gasteiger partial charge in [0.2, 0.25) is 5.91 Å². The summed E-state index contributed by atoms with van der Waals surface area (Å²) in [6.45, 7) is 0. The molecule has 0 bridgehead atoms. The summed E-state index contributed by atoms with van der Waals surface area (Å²) >= 11 is 11.2. The van der Waals surface area contributed by atoms with Gasteiger partial charge in [0.25, 0.3) is 5.91 Å². The van der Waals surface area contributed by atoms with E-state index in [1.165, 1.54) is 30.3 Å². The average molecular weight is 504 g/mol. The Kier molecular flexibility index (Phi) is 8.04. The first kappa shape index (κ1) is 24.9. The number of nitrogens with one attached hydrogen (secondary N) is 3. The number of rotatable bonds is 5. The molecular weight excluding hydrogens is 487 g/mol. The predicted molar refractivity (Wildman–Crippen MR) is 131 cm³/mol. The SMILES string of the molecule is O=C(/C=C/c1ccccc1Cl)NC(=S)Nc1cccc(C(=O)Nc2cccc(C(F)(F)F)c2)c1. The number of amides is 2. The lowest BCUT2D eigenvalue weighted by atomic mass is 10.1. The first-order valence-electron chi connectivity index (χ1n) is 9.75. The highest BCUT2D eigenvalue weighted by atomic mass is 35.5. The van der Waals surface area contributed by atoms with Crippen molar-refractivity contribution in [3.8, 4) is 0 Å². The fourth-order valence-electron chi connectivity index (χ4n) is 2.81. The maximum absolute atomic E-state index is 12.9. The van der Waals surface area contributed by atoms with Crippen LogP contribution in [0.3, 0.4) is 0 Å². The molecule has 0 heterocycles. The van der Waals surface area contributed by atoms with Crippen molar-refractivity contribution in [1.29, 1.82) is 0 Å². The summed E-state index contributed by atoms with van der Waals surface area (Å²) in [6, 6.07) is 17.4. The van der Waals surface area contributed by atoms with E-state index in [0.29, 0.717) is 16.3 Å². The van der Waals surface area contributed by atoms with Crippen LogP contribution in [0.2, 0.25) is 5.02 Å². The second-order valence-electron chi connectivity index (χ2n) is 6.91. The first-order chi connectivity index (χ1) is 16.1. The van der Waals surface area contributed by atoms with E-state index >= 15 is 0 Å². The molecule has 3 aromatic carbocycles. The van der Waals surface area contributed by atoms with Crippen LogP contribution in [0.25, 0.3) is 6.08 Å². The summed E-state index contributed by atoms with van der Waals surface area (Å²) in [6.07, 6.45) is -1.71. The van der Waals surface area contributed by atoms with Crippen LogP contribution in [0.1, 0.15) is 21.5 Å². The Morgan fingerprint density at radius 3 is 2.26 bits per heavy atom. The van der Waals surface area contributed by atoms with Gasteiger partial charge < -0.3 is 10.6 Å². The minimum absolute atomic E-state index is 0.00581. The van der Waals surface area contributed by atoms with Crippen LogP contribution in [0, 0.1) is 0 Å². The van der Waals surface area contributed by atoms with Gasteiger partial charge in [0.1, 0.15) is 0 Å². The van der Waals surface area contributed by atoms with Gasteiger partial charge in [-0.1, -0.05) is 41.9 Å². The van der Waals surface area contributed by atoms with Gasteiger partial charge in [-0.15, -0.1) is 0 Å². The van der Waals surface area contributed by atoms with Crippen LogP contribution in [-0.4, -0.2) is 16.9 Å². The van der Waals surface area contributed by atoms with Crippen molar-refractivity contribution >= 4 is 58.2 Å². The largest absolute Gasteiger partial charge is 0.416 e. The highest BCUT2D eigenvalue weighted by Gasteiger charge is 2.30. The third-order valence-electron chi connectivity index (χ3n) is 4.39. The monoisotopic (exact) mass is 503 g/mol. The van der Waals surface area contributed by atoms with E-state index in [-0.39, 0.29) is 16.4 Å². The lowest BCUT2D eigenvalue weighted by Gasteiger charge is -2.11. The molecule has 3 aromatic rings. The molecular formula is C24H17ClF3N3O2S. The minimum atomic E-state index is -4.52. The van der Waals surface area contributed by atoms with Crippen LogP contribution < -0.4 is 16.0 Å². The average Bonchev–Trinajstić information content (AvgIpc) is 2.78. The molecule has 0 aliphatic heterocycles. The molecule has 0 spiro atoms. The number of halogens is 4. The Balaban J connectivity index is 1.60. The lowest BCUT2D eigenvalue weighted by Crippen LogP contribution is -2.32. The Bertz CT molecular complexity index is 1260. The van der Waals surface area contributed by atoms with E-state index in [1.807, 2.05) is 0 Å². The van der Waals surface area contributed by atoms with Crippen molar-refractivity contribution in [1.82, 2.24) is 5.32 Å². The third-order valence-corrected chi connectivity index (χ3v) is 4.93. The van der Waals surface area contributed by atoms with Crippen LogP contribution in [-0.2, 0) is 11.0 Å². The Labute approximate surface area is 203 Å². The Morgan fingerprint density at radius 2 is 1.56 bits per heavy atom. The molecule has 2 amide bonds. The number of benzene rings is 3. The Hall–Kier alpha value is -3.69. The summed E-state index contributed by atoms with van der Waals surface area (Å²) in [5.41, 5.74) is 0.376. The maximum Gasteiger partial charge on any atom is 0.416 e. The number of hydrogen-bond acceptors (Lipinski definition) is 3. The zero-order valence-corrected chi connectivity index (χ0v) is 18.9. The molecule has 5 nitrogen and oxygen atoms in total. The van der Waals surface area contributed by atoms with Crippen molar-refractivity contribution in [2.75, 3.05) is 10.6 Å². The van der Waals surface area contributed by atoms with Crippen molar-refractivity contribution in [3.63, 3.8) is 0 Å². The highest BCUT2D eigenvalue weighted by molar-refractivity contribution is 7.80. The quantitative estimate of drug-likeness (QED) is 0.289. The van der Waals surface area contributed by atoms with E-state index in [4.69, 9.17) is 23.8 Å². The van der Waals surface area contributed by atoms with Crippen LogP contribution in [0.15, 0.2) is 78.9 Å². The minimum Gasteiger partial charge on any atom is -0.332 e. The van der Waals surface area contributed by atoms with Gasteiger partial charge in [-0.05, 0) is 66.3 Å².